The molecule has 1 rings (SSSR count). The molecule has 2 N–H and O–H groups in total. The normalized spacial score (nSPS) is 12.8. The van der Waals surface area contributed by atoms with E-state index < -0.39 is 12.0 Å². The highest BCUT2D eigenvalue weighted by atomic mass is 79.9. The van der Waals surface area contributed by atoms with Crippen molar-refractivity contribution in [3.8, 4) is 0 Å². The van der Waals surface area contributed by atoms with Crippen LogP contribution in [0.5, 0.6) is 0 Å². The first-order valence-electron chi connectivity index (χ1n) is 5.15. The molecule has 0 aliphatic heterocycles. The van der Waals surface area contributed by atoms with Crippen LogP contribution in [0, 0.1) is 6.92 Å². The maximum absolute atomic E-state index is 10.7. The van der Waals surface area contributed by atoms with E-state index in [4.69, 9.17) is 5.11 Å². The van der Waals surface area contributed by atoms with Gasteiger partial charge in [-0.15, -0.1) is 0 Å². The van der Waals surface area contributed by atoms with Crippen LogP contribution in [0.4, 0.5) is 0 Å². The number of hydrogen-bond acceptors (Lipinski definition) is 3. The molecule has 5 nitrogen and oxygen atoms in total. The summed E-state index contributed by atoms with van der Waals surface area (Å²) in [5, 5.41) is 16.0. The lowest BCUT2D eigenvalue weighted by Crippen LogP contribution is -2.33. The van der Waals surface area contributed by atoms with Crippen LogP contribution in [0.2, 0.25) is 0 Å². The first-order valence-corrected chi connectivity index (χ1v) is 5.94. The minimum atomic E-state index is -0.851. The molecular formula is C10H16BrN3O2. The molecule has 90 valence electrons. The Morgan fingerprint density at radius 3 is 2.81 bits per heavy atom. The van der Waals surface area contributed by atoms with E-state index in [0.29, 0.717) is 6.54 Å². The number of carboxylic acid groups (broad SMARTS) is 1. The van der Waals surface area contributed by atoms with Crippen molar-refractivity contribution in [3.63, 3.8) is 0 Å². The number of aromatic nitrogens is 2. The fraction of sp³-hybridized carbons (Fsp3) is 0.600. The Bertz CT molecular complexity index is 390. The number of rotatable bonds is 5. The van der Waals surface area contributed by atoms with E-state index in [0.717, 1.165) is 22.4 Å². The second kappa shape index (κ2) is 5.45. The number of nitrogens with one attached hydrogen (secondary N) is 1. The predicted octanol–water partition coefficient (Wildman–Crippen LogP) is 1.54. The molecule has 0 saturated carbocycles. The van der Waals surface area contributed by atoms with E-state index in [-0.39, 0.29) is 0 Å². The quantitative estimate of drug-likeness (QED) is 0.863. The van der Waals surface area contributed by atoms with Crippen LogP contribution in [0.3, 0.4) is 0 Å². The molecule has 0 radical (unpaired) electrons. The lowest BCUT2D eigenvalue weighted by molar-refractivity contribution is -0.139. The molecule has 0 aliphatic carbocycles. The first kappa shape index (κ1) is 13.2. The van der Waals surface area contributed by atoms with Crippen molar-refractivity contribution in [2.24, 2.45) is 0 Å². The SMILES string of the molecule is CCn1nc(C)c(Br)c1CN[C@@H](C)C(=O)O. The Morgan fingerprint density at radius 2 is 2.31 bits per heavy atom. The topological polar surface area (TPSA) is 67.2 Å². The Labute approximate surface area is 103 Å². The van der Waals surface area contributed by atoms with Gasteiger partial charge in [0.1, 0.15) is 6.04 Å². The predicted molar refractivity (Wildman–Crippen MR) is 64.3 cm³/mol. The van der Waals surface area contributed by atoms with Gasteiger partial charge in [0.15, 0.2) is 0 Å². The van der Waals surface area contributed by atoms with Crippen molar-refractivity contribution in [3.05, 3.63) is 15.9 Å². The molecule has 0 amide bonds. The van der Waals surface area contributed by atoms with Gasteiger partial charge in [-0.2, -0.15) is 5.10 Å². The summed E-state index contributed by atoms with van der Waals surface area (Å²) in [5.74, 6) is -0.851. The zero-order valence-electron chi connectivity index (χ0n) is 9.62. The summed E-state index contributed by atoms with van der Waals surface area (Å²) in [6.07, 6.45) is 0. The van der Waals surface area contributed by atoms with E-state index in [2.05, 4.69) is 26.3 Å². The van der Waals surface area contributed by atoms with Gasteiger partial charge in [-0.1, -0.05) is 0 Å². The fourth-order valence-electron chi connectivity index (χ4n) is 1.37. The number of aryl methyl sites for hydroxylation is 2. The van der Waals surface area contributed by atoms with Gasteiger partial charge in [-0.25, -0.2) is 0 Å². The molecule has 0 spiro atoms. The van der Waals surface area contributed by atoms with E-state index in [1.807, 2.05) is 18.5 Å². The molecule has 0 fully saturated rings. The standard InChI is InChI=1S/C10H16BrN3O2/c1-4-14-8(9(11)6(2)13-14)5-12-7(3)10(15)16/h7,12H,4-5H2,1-3H3,(H,15,16)/t7-/m0/s1. The minimum Gasteiger partial charge on any atom is -0.480 e. The highest BCUT2D eigenvalue weighted by Gasteiger charge is 2.15. The molecule has 0 saturated heterocycles. The van der Waals surface area contributed by atoms with Crippen molar-refractivity contribution in [2.75, 3.05) is 0 Å². The number of nitrogens with zero attached hydrogens (tertiary/aromatic N) is 2. The molecule has 1 atom stereocenters. The van der Waals surface area contributed by atoms with Crippen LogP contribution in [-0.2, 0) is 17.9 Å². The van der Waals surface area contributed by atoms with Gasteiger partial charge in [-0.05, 0) is 36.7 Å². The summed E-state index contributed by atoms with van der Waals surface area (Å²) in [4.78, 5) is 10.7. The van der Waals surface area contributed by atoms with Crippen LogP contribution in [0.15, 0.2) is 4.47 Å². The summed E-state index contributed by atoms with van der Waals surface area (Å²) in [6.45, 7) is 6.80. The number of hydrogen-bond donors (Lipinski definition) is 2. The van der Waals surface area contributed by atoms with Gasteiger partial charge in [0.25, 0.3) is 0 Å². The second-order valence-corrected chi connectivity index (χ2v) is 4.40. The highest BCUT2D eigenvalue weighted by Crippen LogP contribution is 2.20. The van der Waals surface area contributed by atoms with E-state index in [9.17, 15) is 4.79 Å². The third kappa shape index (κ3) is 2.82. The molecule has 1 aromatic rings. The average molecular weight is 290 g/mol. The summed E-state index contributed by atoms with van der Waals surface area (Å²) in [6, 6.07) is -0.563. The van der Waals surface area contributed by atoms with Crippen LogP contribution < -0.4 is 5.32 Å². The van der Waals surface area contributed by atoms with Crippen LogP contribution in [0.25, 0.3) is 0 Å². The van der Waals surface area contributed by atoms with Crippen LogP contribution >= 0.6 is 15.9 Å². The molecule has 6 heteroatoms. The molecule has 0 bridgehead atoms. The molecule has 1 aromatic heterocycles. The monoisotopic (exact) mass is 289 g/mol. The molecule has 0 aromatic carbocycles. The van der Waals surface area contributed by atoms with Crippen molar-refractivity contribution in [1.82, 2.24) is 15.1 Å². The first-order chi connectivity index (χ1) is 7.47. The molecule has 16 heavy (non-hydrogen) atoms. The molecule has 1 heterocycles. The van der Waals surface area contributed by atoms with Gasteiger partial charge in [0, 0.05) is 13.1 Å². The van der Waals surface area contributed by atoms with Crippen LogP contribution in [-0.4, -0.2) is 26.9 Å². The van der Waals surface area contributed by atoms with Crippen molar-refractivity contribution >= 4 is 21.9 Å². The Morgan fingerprint density at radius 1 is 1.69 bits per heavy atom. The Hall–Kier alpha value is -0.880. The van der Waals surface area contributed by atoms with E-state index in [1.165, 1.54) is 0 Å². The summed E-state index contributed by atoms with van der Waals surface area (Å²) < 4.78 is 2.81. The Kier molecular flexibility index (Phi) is 4.49. The Balaban J connectivity index is 2.76. The number of carboxylic acids is 1. The van der Waals surface area contributed by atoms with Gasteiger partial charge >= 0.3 is 5.97 Å². The van der Waals surface area contributed by atoms with Crippen LogP contribution in [0.1, 0.15) is 25.2 Å². The maximum Gasteiger partial charge on any atom is 0.320 e. The van der Waals surface area contributed by atoms with Gasteiger partial charge in [0.2, 0.25) is 0 Å². The molecular weight excluding hydrogens is 274 g/mol. The number of aliphatic carboxylic acids is 1. The van der Waals surface area contributed by atoms with Crippen molar-refractivity contribution < 1.29 is 9.90 Å². The third-order valence-electron chi connectivity index (χ3n) is 2.40. The number of carbonyl (C=O) groups is 1. The smallest absolute Gasteiger partial charge is 0.320 e. The maximum atomic E-state index is 10.7. The van der Waals surface area contributed by atoms with Crippen molar-refractivity contribution in [2.45, 2.75) is 39.9 Å². The number of halogens is 1. The van der Waals surface area contributed by atoms with Gasteiger partial charge in [0.05, 0.1) is 15.9 Å². The summed E-state index contributed by atoms with van der Waals surface area (Å²) in [7, 11) is 0. The average Bonchev–Trinajstić information content (AvgIpc) is 2.51. The fourth-order valence-corrected chi connectivity index (χ4v) is 1.80. The lowest BCUT2D eigenvalue weighted by Gasteiger charge is -2.10. The van der Waals surface area contributed by atoms with Gasteiger partial charge in [-0.3, -0.25) is 14.8 Å². The van der Waals surface area contributed by atoms with Gasteiger partial charge < -0.3 is 5.11 Å². The zero-order valence-corrected chi connectivity index (χ0v) is 11.2. The van der Waals surface area contributed by atoms with E-state index in [1.54, 1.807) is 6.92 Å². The molecule has 0 aliphatic rings. The second-order valence-electron chi connectivity index (χ2n) is 3.60. The van der Waals surface area contributed by atoms with E-state index >= 15 is 0 Å². The zero-order chi connectivity index (χ0) is 12.3. The van der Waals surface area contributed by atoms with Crippen molar-refractivity contribution in [1.29, 1.82) is 0 Å². The summed E-state index contributed by atoms with van der Waals surface area (Å²) >= 11 is 3.46. The highest BCUT2D eigenvalue weighted by molar-refractivity contribution is 9.10. The molecule has 0 unspecified atom stereocenters. The summed E-state index contributed by atoms with van der Waals surface area (Å²) in [5.41, 5.74) is 1.90. The lowest BCUT2D eigenvalue weighted by atomic mass is 10.3. The largest absolute Gasteiger partial charge is 0.480 e. The minimum absolute atomic E-state index is 0.489. The third-order valence-corrected chi connectivity index (χ3v) is 3.43.